The van der Waals surface area contributed by atoms with Crippen molar-refractivity contribution in [1.29, 1.82) is 0 Å². The predicted octanol–water partition coefficient (Wildman–Crippen LogP) is 1.82. The van der Waals surface area contributed by atoms with Gasteiger partial charge in [-0.05, 0) is 31.0 Å². The Bertz CT molecular complexity index is 1120. The number of likely N-dealkylation sites (N-methyl/N-ethyl adjacent to an activating group) is 1. The number of aromatic amines is 1. The number of nitrogens with one attached hydrogen (secondary N) is 1. The van der Waals surface area contributed by atoms with Crippen LogP contribution in [0.5, 0.6) is 0 Å². The zero-order chi connectivity index (χ0) is 19.3. The summed E-state index contributed by atoms with van der Waals surface area (Å²) < 4.78 is 48.7. The summed E-state index contributed by atoms with van der Waals surface area (Å²) in [6.45, 7) is 2.63. The first-order chi connectivity index (χ1) is 12.8. The number of nitrogens with zero attached hydrogens (tertiary/aromatic N) is 4. The van der Waals surface area contributed by atoms with E-state index in [1.807, 2.05) is 0 Å². The largest absolute Gasteiger partial charge is 0.380 e. The highest BCUT2D eigenvalue weighted by molar-refractivity contribution is 7.89. The van der Waals surface area contributed by atoms with Gasteiger partial charge in [-0.3, -0.25) is 4.68 Å². The monoisotopic (exact) mass is 393 g/mol. The molecule has 0 radical (unpaired) electrons. The van der Waals surface area contributed by atoms with Gasteiger partial charge in [0.05, 0.1) is 18.2 Å². The maximum absolute atomic E-state index is 14.5. The minimum absolute atomic E-state index is 0.0615. The number of hydrogen-bond acceptors (Lipinski definition) is 5. The summed E-state index contributed by atoms with van der Waals surface area (Å²) in [5.74, 6) is -0.101. The van der Waals surface area contributed by atoms with Gasteiger partial charge in [0, 0.05) is 31.7 Å². The summed E-state index contributed by atoms with van der Waals surface area (Å²) in [6, 6.07) is 2.58. The molecule has 4 rings (SSSR count). The Hall–Kier alpha value is -2.30. The fourth-order valence-corrected chi connectivity index (χ4v) is 4.78. The van der Waals surface area contributed by atoms with E-state index in [0.29, 0.717) is 42.0 Å². The molecule has 3 aromatic rings. The van der Waals surface area contributed by atoms with Gasteiger partial charge in [-0.2, -0.15) is 9.40 Å². The van der Waals surface area contributed by atoms with Crippen LogP contribution < -0.4 is 0 Å². The van der Waals surface area contributed by atoms with Crippen LogP contribution in [0.15, 0.2) is 23.5 Å². The van der Waals surface area contributed by atoms with Gasteiger partial charge in [0.1, 0.15) is 17.2 Å². The lowest BCUT2D eigenvalue weighted by Gasteiger charge is -2.21. The molecule has 3 heterocycles. The molecular weight excluding hydrogens is 373 g/mol. The van der Waals surface area contributed by atoms with Crippen molar-refractivity contribution in [3.8, 4) is 11.4 Å². The van der Waals surface area contributed by atoms with Crippen LogP contribution in [0, 0.1) is 12.7 Å². The van der Waals surface area contributed by atoms with Crippen LogP contribution in [0.1, 0.15) is 12.0 Å². The molecule has 8 nitrogen and oxygen atoms in total. The molecule has 0 spiro atoms. The molecule has 1 aromatic carbocycles. The van der Waals surface area contributed by atoms with E-state index in [2.05, 4.69) is 15.1 Å². The van der Waals surface area contributed by atoms with Crippen molar-refractivity contribution >= 4 is 20.9 Å². The van der Waals surface area contributed by atoms with Crippen LogP contribution in [-0.2, 0) is 21.8 Å². The molecule has 1 aliphatic rings. The third kappa shape index (κ3) is 2.93. The molecule has 0 unspecified atom stereocenters. The van der Waals surface area contributed by atoms with Crippen molar-refractivity contribution in [1.82, 2.24) is 24.1 Å². The molecule has 27 heavy (non-hydrogen) atoms. The lowest BCUT2D eigenvalue weighted by Crippen LogP contribution is -2.37. The third-order valence-electron chi connectivity index (χ3n) is 4.94. The normalized spacial score (nSPS) is 18.0. The van der Waals surface area contributed by atoms with Gasteiger partial charge in [0.2, 0.25) is 0 Å². The van der Waals surface area contributed by atoms with Crippen LogP contribution in [0.2, 0.25) is 0 Å². The molecule has 0 aliphatic carbocycles. The highest BCUT2D eigenvalue weighted by Gasteiger charge is 2.32. The number of rotatable bonds is 4. The second-order valence-corrected chi connectivity index (χ2v) is 8.72. The molecule has 10 heteroatoms. The number of ether oxygens (including phenoxy) is 1. The second-order valence-electron chi connectivity index (χ2n) is 6.75. The first-order valence-corrected chi connectivity index (χ1v) is 9.96. The standard InChI is InChI=1S/C17H20FN5O3S/c1-10-6-13(18)16-12(15(10)17-19-9-22(2)21-17)7-14(20-16)27(24,25)23(3)11-4-5-26-8-11/h6-7,9,11,20H,4-5,8H2,1-3H3/t11-/m1/s1. The molecule has 1 aliphatic heterocycles. The number of hydrogen-bond donors (Lipinski definition) is 1. The van der Waals surface area contributed by atoms with Crippen LogP contribution >= 0.6 is 0 Å². The number of halogens is 1. The SMILES string of the molecule is Cc1cc(F)c2[nH]c(S(=O)(=O)N(C)[C@@H]3CCOC3)cc2c1-c1ncn(C)n1. The molecule has 1 atom stereocenters. The van der Waals surface area contributed by atoms with Crippen LogP contribution in [0.4, 0.5) is 4.39 Å². The van der Waals surface area contributed by atoms with Crippen molar-refractivity contribution in [3.63, 3.8) is 0 Å². The minimum atomic E-state index is -3.82. The first-order valence-electron chi connectivity index (χ1n) is 8.52. The smallest absolute Gasteiger partial charge is 0.258 e. The fourth-order valence-electron chi connectivity index (χ4n) is 3.41. The van der Waals surface area contributed by atoms with E-state index < -0.39 is 15.8 Å². The van der Waals surface area contributed by atoms with Gasteiger partial charge < -0.3 is 9.72 Å². The number of benzene rings is 1. The Kier molecular flexibility index (Phi) is 4.28. The number of H-pyrrole nitrogens is 1. The average molecular weight is 393 g/mol. The summed E-state index contributed by atoms with van der Waals surface area (Å²) >= 11 is 0. The van der Waals surface area contributed by atoms with E-state index in [-0.39, 0.29) is 16.6 Å². The van der Waals surface area contributed by atoms with Crippen molar-refractivity contribution in [2.75, 3.05) is 20.3 Å². The van der Waals surface area contributed by atoms with Gasteiger partial charge in [0.25, 0.3) is 10.0 Å². The summed E-state index contributed by atoms with van der Waals surface area (Å²) in [6.07, 6.45) is 2.18. The number of aromatic nitrogens is 4. The quantitative estimate of drug-likeness (QED) is 0.730. The summed E-state index contributed by atoms with van der Waals surface area (Å²) in [5.41, 5.74) is 1.36. The second kappa shape index (κ2) is 6.39. The summed E-state index contributed by atoms with van der Waals surface area (Å²) in [4.78, 5) is 6.98. The zero-order valence-electron chi connectivity index (χ0n) is 15.2. The molecule has 2 aromatic heterocycles. The van der Waals surface area contributed by atoms with Crippen LogP contribution in [0.3, 0.4) is 0 Å². The molecule has 144 valence electrons. The van der Waals surface area contributed by atoms with Crippen molar-refractivity contribution < 1.29 is 17.5 Å². The van der Waals surface area contributed by atoms with E-state index >= 15 is 0 Å². The van der Waals surface area contributed by atoms with Gasteiger partial charge in [0.15, 0.2) is 5.82 Å². The van der Waals surface area contributed by atoms with Crippen molar-refractivity contribution in [2.24, 2.45) is 7.05 Å². The maximum atomic E-state index is 14.5. The molecular formula is C17H20FN5O3S. The molecule has 0 saturated carbocycles. The zero-order valence-corrected chi connectivity index (χ0v) is 16.0. The Labute approximate surface area is 156 Å². The highest BCUT2D eigenvalue weighted by Crippen LogP contribution is 2.34. The van der Waals surface area contributed by atoms with E-state index in [1.54, 1.807) is 25.0 Å². The Balaban J connectivity index is 1.88. The summed E-state index contributed by atoms with van der Waals surface area (Å²) in [5, 5.41) is 4.66. The Morgan fingerprint density at radius 1 is 1.41 bits per heavy atom. The molecule has 0 amide bonds. The van der Waals surface area contributed by atoms with Gasteiger partial charge >= 0.3 is 0 Å². The number of sulfonamides is 1. The van der Waals surface area contributed by atoms with E-state index in [9.17, 15) is 12.8 Å². The highest BCUT2D eigenvalue weighted by atomic mass is 32.2. The predicted molar refractivity (Wildman–Crippen MR) is 97.2 cm³/mol. The molecule has 1 N–H and O–H groups in total. The average Bonchev–Trinajstić information content (AvgIpc) is 3.34. The van der Waals surface area contributed by atoms with Gasteiger partial charge in [-0.1, -0.05) is 0 Å². The third-order valence-corrected chi connectivity index (χ3v) is 6.77. The summed E-state index contributed by atoms with van der Waals surface area (Å²) in [7, 11) is -0.571. The van der Waals surface area contributed by atoms with Crippen LogP contribution in [-0.4, -0.2) is 58.8 Å². The fraction of sp³-hybridized carbons (Fsp3) is 0.412. The number of aryl methyl sites for hydroxylation is 2. The molecule has 1 saturated heterocycles. The topological polar surface area (TPSA) is 93.1 Å². The van der Waals surface area contributed by atoms with Gasteiger partial charge in [-0.25, -0.2) is 17.8 Å². The van der Waals surface area contributed by atoms with Crippen molar-refractivity contribution in [2.45, 2.75) is 24.4 Å². The van der Waals surface area contributed by atoms with Crippen molar-refractivity contribution in [3.05, 3.63) is 29.8 Å². The minimum Gasteiger partial charge on any atom is -0.380 e. The molecule has 1 fully saturated rings. The van der Waals surface area contributed by atoms with Crippen LogP contribution in [0.25, 0.3) is 22.3 Å². The Morgan fingerprint density at radius 3 is 2.81 bits per heavy atom. The lowest BCUT2D eigenvalue weighted by molar-refractivity contribution is 0.181. The molecule has 0 bridgehead atoms. The van der Waals surface area contributed by atoms with E-state index in [4.69, 9.17) is 4.74 Å². The maximum Gasteiger partial charge on any atom is 0.258 e. The Morgan fingerprint density at radius 2 is 2.19 bits per heavy atom. The van der Waals surface area contributed by atoms with E-state index in [0.717, 1.165) is 0 Å². The first kappa shape index (κ1) is 18.1. The van der Waals surface area contributed by atoms with Gasteiger partial charge in [-0.15, -0.1) is 0 Å². The lowest BCUT2D eigenvalue weighted by atomic mass is 10.0. The van der Waals surface area contributed by atoms with E-state index in [1.165, 1.54) is 23.5 Å². The number of fused-ring (bicyclic) bond motifs is 1.